The molecule has 0 aromatic carbocycles. The van der Waals surface area contributed by atoms with Crippen molar-refractivity contribution in [2.24, 2.45) is 5.92 Å². The van der Waals surface area contributed by atoms with Crippen LogP contribution in [0.1, 0.15) is 19.3 Å². The Labute approximate surface area is 96.9 Å². The molecule has 1 fully saturated rings. The summed E-state index contributed by atoms with van der Waals surface area (Å²) < 4.78 is 2.11. The van der Waals surface area contributed by atoms with Crippen LogP contribution >= 0.6 is 0 Å². The Morgan fingerprint density at radius 2 is 2.31 bits per heavy atom. The second-order valence-corrected chi connectivity index (χ2v) is 4.91. The fourth-order valence-electron chi connectivity index (χ4n) is 2.32. The van der Waals surface area contributed by atoms with E-state index in [1.54, 1.807) is 0 Å². The Kier molecular flexibility index (Phi) is 3.96. The number of aromatic nitrogens is 2. The first-order valence-electron chi connectivity index (χ1n) is 6.06. The predicted molar refractivity (Wildman–Crippen MR) is 63.1 cm³/mol. The highest BCUT2D eigenvalue weighted by molar-refractivity contribution is 4.80. The van der Waals surface area contributed by atoms with Crippen molar-refractivity contribution in [3.8, 4) is 0 Å². The molecule has 0 bridgehead atoms. The van der Waals surface area contributed by atoms with Crippen LogP contribution in [0.5, 0.6) is 0 Å². The van der Waals surface area contributed by atoms with Crippen molar-refractivity contribution in [2.75, 3.05) is 20.1 Å². The SMILES string of the molecule is CN(CCCn1ccnc1)CC1CC(O)C1. The van der Waals surface area contributed by atoms with Gasteiger partial charge in [0.25, 0.3) is 0 Å². The van der Waals surface area contributed by atoms with Crippen LogP contribution in [0, 0.1) is 5.92 Å². The van der Waals surface area contributed by atoms with Gasteiger partial charge in [0.15, 0.2) is 0 Å². The van der Waals surface area contributed by atoms with Crippen molar-refractivity contribution in [3.63, 3.8) is 0 Å². The lowest BCUT2D eigenvalue weighted by atomic mass is 9.82. The highest BCUT2D eigenvalue weighted by atomic mass is 16.3. The molecule has 1 aliphatic carbocycles. The van der Waals surface area contributed by atoms with Crippen LogP contribution in [-0.4, -0.2) is 45.8 Å². The fourth-order valence-corrected chi connectivity index (χ4v) is 2.32. The quantitative estimate of drug-likeness (QED) is 0.781. The van der Waals surface area contributed by atoms with Crippen LogP contribution in [0.15, 0.2) is 18.7 Å². The van der Waals surface area contributed by atoms with Gasteiger partial charge in [0.2, 0.25) is 0 Å². The number of imidazole rings is 1. The molecular weight excluding hydrogens is 202 g/mol. The Bertz CT molecular complexity index is 293. The zero-order valence-corrected chi connectivity index (χ0v) is 9.92. The third-order valence-electron chi connectivity index (χ3n) is 3.30. The van der Waals surface area contributed by atoms with Crippen LogP contribution in [0.3, 0.4) is 0 Å². The van der Waals surface area contributed by atoms with Gasteiger partial charge in [-0.15, -0.1) is 0 Å². The van der Waals surface area contributed by atoms with Crippen LogP contribution in [0.25, 0.3) is 0 Å². The van der Waals surface area contributed by atoms with Gasteiger partial charge < -0.3 is 14.6 Å². The summed E-state index contributed by atoms with van der Waals surface area (Å²) >= 11 is 0. The van der Waals surface area contributed by atoms with Crippen molar-refractivity contribution >= 4 is 0 Å². The van der Waals surface area contributed by atoms with Crippen LogP contribution in [0.4, 0.5) is 0 Å². The van der Waals surface area contributed by atoms with Crippen LogP contribution in [0.2, 0.25) is 0 Å². The molecule has 0 radical (unpaired) electrons. The van der Waals surface area contributed by atoms with E-state index in [2.05, 4.69) is 21.5 Å². The molecule has 1 saturated carbocycles. The highest BCUT2D eigenvalue weighted by Gasteiger charge is 2.27. The predicted octanol–water partition coefficient (Wildman–Crippen LogP) is 0.976. The fraction of sp³-hybridized carbons (Fsp3) is 0.750. The minimum atomic E-state index is -0.0238. The molecule has 0 spiro atoms. The van der Waals surface area contributed by atoms with E-state index >= 15 is 0 Å². The van der Waals surface area contributed by atoms with E-state index in [1.807, 2.05) is 18.7 Å². The smallest absolute Gasteiger partial charge is 0.0945 e. The Morgan fingerprint density at radius 1 is 1.50 bits per heavy atom. The lowest BCUT2D eigenvalue weighted by Gasteiger charge is -2.34. The van der Waals surface area contributed by atoms with Gasteiger partial charge in [0.05, 0.1) is 12.4 Å². The standard InChI is InChI=1S/C12H21N3O/c1-14(9-11-7-12(16)8-11)4-2-5-15-6-3-13-10-15/h3,6,10-12,16H,2,4-5,7-9H2,1H3. The molecular formula is C12H21N3O. The molecule has 4 heteroatoms. The molecule has 1 aromatic heterocycles. The topological polar surface area (TPSA) is 41.3 Å². The van der Waals surface area contributed by atoms with Gasteiger partial charge in [-0.25, -0.2) is 4.98 Å². The maximum absolute atomic E-state index is 9.20. The monoisotopic (exact) mass is 223 g/mol. The van der Waals surface area contributed by atoms with Crippen molar-refractivity contribution in [1.29, 1.82) is 0 Å². The first-order chi connectivity index (χ1) is 7.74. The van der Waals surface area contributed by atoms with Crippen molar-refractivity contribution in [3.05, 3.63) is 18.7 Å². The molecule has 0 unspecified atom stereocenters. The Hall–Kier alpha value is -0.870. The molecule has 1 N–H and O–H groups in total. The van der Waals surface area contributed by atoms with Crippen LogP contribution < -0.4 is 0 Å². The minimum Gasteiger partial charge on any atom is -0.393 e. The molecule has 1 aromatic rings. The summed E-state index contributed by atoms with van der Waals surface area (Å²) in [5.74, 6) is 0.716. The average Bonchev–Trinajstić information content (AvgIpc) is 2.68. The normalized spacial score (nSPS) is 24.7. The molecule has 4 nitrogen and oxygen atoms in total. The molecule has 0 saturated heterocycles. The summed E-state index contributed by atoms with van der Waals surface area (Å²) in [5.41, 5.74) is 0. The lowest BCUT2D eigenvalue weighted by molar-refractivity contribution is 0.0281. The number of aliphatic hydroxyl groups excluding tert-OH is 1. The second-order valence-electron chi connectivity index (χ2n) is 4.91. The number of aryl methyl sites for hydroxylation is 1. The summed E-state index contributed by atoms with van der Waals surface area (Å²) in [4.78, 5) is 6.39. The summed E-state index contributed by atoms with van der Waals surface area (Å²) in [7, 11) is 2.17. The summed E-state index contributed by atoms with van der Waals surface area (Å²) in [6.07, 6.45) is 8.80. The molecule has 0 atom stereocenters. The summed E-state index contributed by atoms with van der Waals surface area (Å²) in [6, 6.07) is 0. The van der Waals surface area contributed by atoms with E-state index in [0.717, 1.165) is 38.9 Å². The maximum Gasteiger partial charge on any atom is 0.0945 e. The minimum absolute atomic E-state index is 0.0238. The average molecular weight is 223 g/mol. The first-order valence-corrected chi connectivity index (χ1v) is 6.06. The molecule has 2 rings (SSSR count). The van der Waals surface area contributed by atoms with E-state index in [-0.39, 0.29) is 6.10 Å². The highest BCUT2D eigenvalue weighted by Crippen LogP contribution is 2.27. The number of hydrogen-bond donors (Lipinski definition) is 1. The van der Waals surface area contributed by atoms with E-state index < -0.39 is 0 Å². The lowest BCUT2D eigenvalue weighted by Crippen LogP contribution is -2.37. The van der Waals surface area contributed by atoms with Crippen molar-refractivity contribution < 1.29 is 5.11 Å². The van der Waals surface area contributed by atoms with Gasteiger partial charge in [-0.2, -0.15) is 0 Å². The third-order valence-corrected chi connectivity index (χ3v) is 3.30. The molecule has 1 aliphatic rings. The largest absolute Gasteiger partial charge is 0.393 e. The maximum atomic E-state index is 9.20. The molecule has 90 valence electrons. The molecule has 0 amide bonds. The van der Waals surface area contributed by atoms with Gasteiger partial charge >= 0.3 is 0 Å². The summed E-state index contributed by atoms with van der Waals surface area (Å²) in [5, 5.41) is 9.20. The Morgan fingerprint density at radius 3 is 2.94 bits per heavy atom. The number of aliphatic hydroxyl groups is 1. The van der Waals surface area contributed by atoms with Gasteiger partial charge in [-0.05, 0) is 38.8 Å². The van der Waals surface area contributed by atoms with E-state index in [9.17, 15) is 5.11 Å². The zero-order valence-electron chi connectivity index (χ0n) is 9.92. The van der Waals surface area contributed by atoms with E-state index in [0.29, 0.717) is 5.92 Å². The van der Waals surface area contributed by atoms with Crippen LogP contribution in [-0.2, 0) is 6.54 Å². The second kappa shape index (κ2) is 5.46. The Balaban J connectivity index is 1.55. The van der Waals surface area contributed by atoms with E-state index in [1.165, 1.54) is 0 Å². The molecule has 16 heavy (non-hydrogen) atoms. The van der Waals surface area contributed by atoms with Gasteiger partial charge in [0, 0.05) is 25.5 Å². The summed E-state index contributed by atoms with van der Waals surface area (Å²) in [6.45, 7) is 3.28. The van der Waals surface area contributed by atoms with Gasteiger partial charge in [-0.3, -0.25) is 0 Å². The van der Waals surface area contributed by atoms with Gasteiger partial charge in [-0.1, -0.05) is 0 Å². The number of nitrogens with zero attached hydrogens (tertiary/aromatic N) is 3. The van der Waals surface area contributed by atoms with Crippen molar-refractivity contribution in [2.45, 2.75) is 31.9 Å². The van der Waals surface area contributed by atoms with Crippen molar-refractivity contribution in [1.82, 2.24) is 14.5 Å². The first kappa shape index (κ1) is 11.6. The van der Waals surface area contributed by atoms with E-state index in [4.69, 9.17) is 0 Å². The third kappa shape index (κ3) is 3.32. The molecule has 1 heterocycles. The number of rotatable bonds is 6. The molecule has 0 aliphatic heterocycles. The van der Waals surface area contributed by atoms with Gasteiger partial charge in [0.1, 0.15) is 0 Å². The number of hydrogen-bond acceptors (Lipinski definition) is 3. The zero-order chi connectivity index (χ0) is 11.4.